The first-order valence-electron chi connectivity index (χ1n) is 9.32. The molecule has 0 aromatic heterocycles. The minimum atomic E-state index is -3.92. The van der Waals surface area contributed by atoms with Crippen molar-refractivity contribution in [1.82, 2.24) is 0 Å². The third-order valence-electron chi connectivity index (χ3n) is 4.52. The molecule has 158 valence electrons. The zero-order chi connectivity index (χ0) is 22.4. The van der Waals surface area contributed by atoms with Crippen LogP contribution in [0, 0.1) is 18.3 Å². The van der Waals surface area contributed by atoms with E-state index >= 15 is 0 Å². The number of halogens is 1. The van der Waals surface area contributed by atoms with E-state index in [4.69, 9.17) is 9.47 Å². The SMILES string of the molecule is COc1cc(C=C(C#N)S(=O)(=O)c2ccc(C)cc2)ccc1OCc1ccc(Br)cc1. The molecule has 0 atom stereocenters. The maximum absolute atomic E-state index is 12.8. The molecule has 0 unspecified atom stereocenters. The smallest absolute Gasteiger partial charge is 0.216 e. The molecule has 5 nitrogen and oxygen atoms in total. The van der Waals surface area contributed by atoms with Gasteiger partial charge in [-0.2, -0.15) is 5.26 Å². The molecule has 0 N–H and O–H groups in total. The molecule has 31 heavy (non-hydrogen) atoms. The lowest BCUT2D eigenvalue weighted by molar-refractivity contribution is 0.284. The molecule has 3 aromatic carbocycles. The van der Waals surface area contributed by atoms with Crippen LogP contribution in [0.15, 0.2) is 81.0 Å². The Bertz CT molecular complexity index is 1240. The van der Waals surface area contributed by atoms with Crippen LogP contribution in [0.1, 0.15) is 16.7 Å². The highest BCUT2D eigenvalue weighted by Crippen LogP contribution is 2.31. The standard InChI is InChI=1S/C24H20BrNO4S/c1-17-3-10-21(11-4-17)31(27,28)22(15-26)13-19-7-12-23(24(14-19)29-2)30-16-18-5-8-20(25)9-6-18/h3-14H,16H2,1-2H3. The zero-order valence-electron chi connectivity index (χ0n) is 17.0. The second kappa shape index (κ2) is 9.82. The average Bonchev–Trinajstić information content (AvgIpc) is 2.77. The predicted octanol–water partition coefficient (Wildman–Crippen LogP) is 5.68. The molecule has 3 rings (SSSR count). The lowest BCUT2D eigenvalue weighted by Crippen LogP contribution is -2.03. The lowest BCUT2D eigenvalue weighted by Gasteiger charge is -2.12. The van der Waals surface area contributed by atoms with Crippen molar-refractivity contribution in [2.24, 2.45) is 0 Å². The van der Waals surface area contributed by atoms with Crippen molar-refractivity contribution in [2.45, 2.75) is 18.4 Å². The van der Waals surface area contributed by atoms with E-state index in [9.17, 15) is 13.7 Å². The predicted molar refractivity (Wildman–Crippen MR) is 123 cm³/mol. The van der Waals surface area contributed by atoms with Crippen LogP contribution in [0.4, 0.5) is 0 Å². The Morgan fingerprint density at radius 1 is 1.03 bits per heavy atom. The highest BCUT2D eigenvalue weighted by Gasteiger charge is 2.21. The van der Waals surface area contributed by atoms with Gasteiger partial charge >= 0.3 is 0 Å². The van der Waals surface area contributed by atoms with Crippen molar-refractivity contribution < 1.29 is 17.9 Å². The number of hydrogen-bond acceptors (Lipinski definition) is 5. The Morgan fingerprint density at radius 2 is 1.71 bits per heavy atom. The first-order chi connectivity index (χ1) is 14.8. The molecule has 0 fully saturated rings. The topological polar surface area (TPSA) is 76.4 Å². The van der Waals surface area contributed by atoms with Crippen LogP contribution < -0.4 is 9.47 Å². The van der Waals surface area contributed by atoms with E-state index in [0.717, 1.165) is 15.6 Å². The molecular formula is C24H20BrNO4S. The molecule has 0 saturated carbocycles. The summed E-state index contributed by atoms with van der Waals surface area (Å²) in [6, 6.07) is 21.0. The van der Waals surface area contributed by atoms with Crippen molar-refractivity contribution >= 4 is 31.8 Å². The van der Waals surface area contributed by atoms with Crippen LogP contribution in [0.25, 0.3) is 6.08 Å². The van der Waals surface area contributed by atoms with Gasteiger partial charge in [0.2, 0.25) is 9.84 Å². The average molecular weight is 498 g/mol. The zero-order valence-corrected chi connectivity index (χ0v) is 19.4. The second-order valence-electron chi connectivity index (χ2n) is 6.76. The van der Waals surface area contributed by atoms with Crippen LogP contribution in [-0.4, -0.2) is 15.5 Å². The van der Waals surface area contributed by atoms with Gasteiger partial charge in [0, 0.05) is 4.47 Å². The summed E-state index contributed by atoms with van der Waals surface area (Å²) in [6.45, 7) is 2.22. The first kappa shape index (κ1) is 22.6. The largest absolute Gasteiger partial charge is 0.493 e. The van der Waals surface area contributed by atoms with Gasteiger partial charge in [0.1, 0.15) is 17.6 Å². The van der Waals surface area contributed by atoms with Crippen LogP contribution >= 0.6 is 15.9 Å². The van der Waals surface area contributed by atoms with E-state index in [1.54, 1.807) is 36.4 Å². The van der Waals surface area contributed by atoms with Gasteiger partial charge < -0.3 is 9.47 Å². The molecule has 0 saturated heterocycles. The molecule has 0 spiro atoms. The third kappa shape index (κ3) is 5.54. The van der Waals surface area contributed by atoms with Crippen LogP contribution in [0.3, 0.4) is 0 Å². The number of nitrogens with zero attached hydrogens (tertiary/aromatic N) is 1. The first-order valence-corrected chi connectivity index (χ1v) is 11.6. The molecule has 0 aliphatic carbocycles. The Kier molecular flexibility index (Phi) is 7.16. The fourth-order valence-electron chi connectivity index (χ4n) is 2.80. The molecule has 3 aromatic rings. The van der Waals surface area contributed by atoms with E-state index in [1.807, 2.05) is 31.2 Å². The van der Waals surface area contributed by atoms with Crippen molar-refractivity contribution in [3.8, 4) is 17.6 Å². The fourth-order valence-corrected chi connectivity index (χ4v) is 4.22. The van der Waals surface area contributed by atoms with Gasteiger partial charge in [-0.1, -0.05) is 51.8 Å². The van der Waals surface area contributed by atoms with Gasteiger partial charge in [-0.15, -0.1) is 0 Å². The Morgan fingerprint density at radius 3 is 2.32 bits per heavy atom. The molecule has 0 radical (unpaired) electrons. The van der Waals surface area contributed by atoms with E-state index in [1.165, 1.54) is 25.3 Å². The molecule has 0 bridgehead atoms. The van der Waals surface area contributed by atoms with Gasteiger partial charge in [-0.25, -0.2) is 8.42 Å². The van der Waals surface area contributed by atoms with E-state index in [2.05, 4.69) is 15.9 Å². The number of nitriles is 1. The maximum atomic E-state index is 12.8. The summed E-state index contributed by atoms with van der Waals surface area (Å²) < 4.78 is 37.9. The maximum Gasteiger partial charge on any atom is 0.216 e. The van der Waals surface area contributed by atoms with Gasteiger partial charge in [0.15, 0.2) is 11.5 Å². The van der Waals surface area contributed by atoms with Gasteiger partial charge in [0.05, 0.1) is 12.0 Å². The van der Waals surface area contributed by atoms with Crippen molar-refractivity contribution in [3.05, 3.63) is 92.8 Å². The monoisotopic (exact) mass is 497 g/mol. The lowest BCUT2D eigenvalue weighted by atomic mass is 10.2. The highest BCUT2D eigenvalue weighted by molar-refractivity contribution is 9.10. The summed E-state index contributed by atoms with van der Waals surface area (Å²) in [7, 11) is -2.42. The van der Waals surface area contributed by atoms with E-state index in [-0.39, 0.29) is 9.80 Å². The number of aryl methyl sites for hydroxylation is 1. The number of benzene rings is 3. The van der Waals surface area contributed by atoms with Crippen LogP contribution in [-0.2, 0) is 16.4 Å². The van der Waals surface area contributed by atoms with Gasteiger partial charge in [-0.05, 0) is 60.5 Å². The van der Waals surface area contributed by atoms with Crippen molar-refractivity contribution in [3.63, 3.8) is 0 Å². The molecular weight excluding hydrogens is 478 g/mol. The number of hydrogen-bond donors (Lipinski definition) is 0. The second-order valence-corrected chi connectivity index (χ2v) is 9.60. The Balaban J connectivity index is 1.86. The van der Waals surface area contributed by atoms with Gasteiger partial charge in [-0.3, -0.25) is 0 Å². The van der Waals surface area contributed by atoms with Crippen molar-refractivity contribution in [1.29, 1.82) is 5.26 Å². The van der Waals surface area contributed by atoms with Crippen LogP contribution in [0.2, 0.25) is 0 Å². The number of allylic oxidation sites excluding steroid dienone is 1. The minimum Gasteiger partial charge on any atom is -0.493 e. The summed E-state index contributed by atoms with van der Waals surface area (Å²) in [4.78, 5) is -0.269. The fraction of sp³-hybridized carbons (Fsp3) is 0.125. The number of methoxy groups -OCH3 is 1. The normalized spacial score (nSPS) is 11.6. The quantitative estimate of drug-likeness (QED) is 0.392. The molecule has 0 heterocycles. The number of sulfone groups is 1. The molecule has 0 aliphatic heterocycles. The summed E-state index contributed by atoms with van der Waals surface area (Å²) in [6.07, 6.45) is 1.33. The Labute approximate surface area is 190 Å². The molecule has 0 amide bonds. The van der Waals surface area contributed by atoms with Gasteiger partial charge in [0.25, 0.3) is 0 Å². The number of ether oxygens (including phenoxy) is 2. The molecule has 0 aliphatic rings. The van der Waals surface area contributed by atoms with Crippen molar-refractivity contribution in [2.75, 3.05) is 7.11 Å². The Hall–Kier alpha value is -3.08. The minimum absolute atomic E-state index is 0.0762. The van der Waals surface area contributed by atoms with E-state index < -0.39 is 9.84 Å². The van der Waals surface area contributed by atoms with Crippen LogP contribution in [0.5, 0.6) is 11.5 Å². The third-order valence-corrected chi connectivity index (χ3v) is 6.73. The summed E-state index contributed by atoms with van der Waals surface area (Å²) in [5.74, 6) is 0.957. The van der Waals surface area contributed by atoms with E-state index in [0.29, 0.717) is 23.7 Å². The highest BCUT2D eigenvalue weighted by atomic mass is 79.9. The summed E-state index contributed by atoms with van der Waals surface area (Å²) in [5.41, 5.74) is 2.44. The number of rotatable bonds is 7. The summed E-state index contributed by atoms with van der Waals surface area (Å²) >= 11 is 3.40. The molecule has 7 heteroatoms. The summed E-state index contributed by atoms with van der Waals surface area (Å²) in [5, 5.41) is 9.49.